The third-order valence-corrected chi connectivity index (χ3v) is 9.96. The number of aromatic hydroxyl groups is 2. The minimum atomic E-state index is -1.32. The molecule has 0 saturated heterocycles. The van der Waals surface area contributed by atoms with Crippen LogP contribution in [0.5, 0.6) is 23.0 Å². The van der Waals surface area contributed by atoms with Crippen LogP contribution in [0.1, 0.15) is 69.6 Å². The first-order chi connectivity index (χ1) is 29.8. The number of ether oxygens (including phenoxy) is 4. The number of phenols is 2. The van der Waals surface area contributed by atoms with Crippen molar-refractivity contribution in [1.82, 2.24) is 10.6 Å². The molecule has 0 bridgehead atoms. The van der Waals surface area contributed by atoms with Gasteiger partial charge in [0.2, 0.25) is 17.7 Å². The van der Waals surface area contributed by atoms with Crippen LogP contribution in [0.2, 0.25) is 0 Å². The van der Waals surface area contributed by atoms with E-state index in [2.05, 4.69) is 21.3 Å². The molecule has 2 atom stereocenters. The highest BCUT2D eigenvalue weighted by molar-refractivity contribution is 6.06. The highest BCUT2D eigenvalue weighted by atomic mass is 16.5. The lowest BCUT2D eigenvalue weighted by atomic mass is 10.0. The second-order valence-corrected chi connectivity index (χ2v) is 14.7. The summed E-state index contributed by atoms with van der Waals surface area (Å²) in [5.41, 5.74) is 1.89. The molecule has 332 valence electrons. The van der Waals surface area contributed by atoms with Gasteiger partial charge in [0.15, 0.2) is 5.75 Å². The zero-order chi connectivity index (χ0) is 45.2. The van der Waals surface area contributed by atoms with Crippen LogP contribution in [-0.4, -0.2) is 73.4 Å². The lowest BCUT2D eigenvalue weighted by Gasteiger charge is -2.33. The number of anilines is 3. The minimum absolute atomic E-state index is 0.0107. The molecule has 16 nitrogen and oxygen atoms in total. The summed E-state index contributed by atoms with van der Waals surface area (Å²) >= 11 is 0. The largest absolute Gasteiger partial charge is 0.507 e. The van der Waals surface area contributed by atoms with Gasteiger partial charge in [-0.15, -0.1) is 0 Å². The SMILES string of the molecule is CCCCC(=O)N(c1ccc(NC(=O)[C@@H](NC(=O)OCc2ccccc2)C(C)C)c(O)c1NCc1ccc(OC)cc1)C(CCC(=O)OC)C(=O)NCc1ccc(OC)cc1O. The first kappa shape index (κ1) is 47.7. The monoisotopic (exact) mass is 855 g/mol. The van der Waals surface area contributed by atoms with E-state index in [9.17, 15) is 34.2 Å². The molecule has 0 aliphatic rings. The number of alkyl carbamates (subject to hydrolysis) is 1. The number of phenolic OH excluding ortho intramolecular Hbond substituents is 2. The van der Waals surface area contributed by atoms with Gasteiger partial charge in [-0.25, -0.2) is 4.79 Å². The van der Waals surface area contributed by atoms with Gasteiger partial charge in [-0.05, 0) is 66.3 Å². The van der Waals surface area contributed by atoms with Crippen LogP contribution in [-0.2, 0) is 48.3 Å². The molecular formula is C46H57N5O11. The van der Waals surface area contributed by atoms with E-state index in [0.717, 1.165) is 11.1 Å². The van der Waals surface area contributed by atoms with Gasteiger partial charge in [0, 0.05) is 37.6 Å². The fourth-order valence-electron chi connectivity index (χ4n) is 6.41. The van der Waals surface area contributed by atoms with Crippen LogP contribution < -0.4 is 35.6 Å². The van der Waals surface area contributed by atoms with Crippen LogP contribution >= 0.6 is 0 Å². The highest BCUT2D eigenvalue weighted by Gasteiger charge is 2.35. The Bertz CT molecular complexity index is 2130. The Labute approximate surface area is 361 Å². The zero-order valence-electron chi connectivity index (χ0n) is 36.0. The lowest BCUT2D eigenvalue weighted by Crippen LogP contribution is -2.50. The minimum Gasteiger partial charge on any atom is -0.507 e. The molecule has 6 N–H and O–H groups in total. The fraction of sp³-hybridized carbons (Fsp3) is 0.370. The molecule has 0 aliphatic heterocycles. The summed E-state index contributed by atoms with van der Waals surface area (Å²) in [4.78, 5) is 69.1. The van der Waals surface area contributed by atoms with Gasteiger partial charge in [0.1, 0.15) is 41.6 Å². The standard InChI is InChI=1S/C46H57N5O11/c1-7-8-14-39(53)51(37(23-24-40(54)61-6)44(56)48-27-32-17-20-34(60-5)25-38(32)52)36-22-21-35(43(55)42(36)47-26-30-15-18-33(59-4)19-16-30)49-45(57)41(29(2)3)50-46(58)62-28-31-12-10-9-11-13-31/h9-13,15-22,25,29,37,41,47,52,55H,7-8,14,23-24,26-28H2,1-6H3,(H,48,56)(H,49,57)(H,50,58)/t37?,41-/m0/s1. The fourth-order valence-corrected chi connectivity index (χ4v) is 6.41. The van der Waals surface area contributed by atoms with Gasteiger partial charge < -0.3 is 50.4 Å². The van der Waals surface area contributed by atoms with Crippen molar-refractivity contribution in [1.29, 1.82) is 0 Å². The topological polar surface area (TPSA) is 214 Å². The number of hydrogen-bond donors (Lipinski definition) is 6. The number of unbranched alkanes of at least 4 members (excludes halogenated alkanes) is 1. The molecule has 0 spiro atoms. The molecule has 4 aromatic rings. The number of benzene rings is 4. The number of nitrogens with zero attached hydrogens (tertiary/aromatic N) is 1. The molecule has 0 fully saturated rings. The summed E-state index contributed by atoms with van der Waals surface area (Å²) in [6.07, 6.45) is -0.109. The Morgan fingerprint density at radius 3 is 2.10 bits per heavy atom. The van der Waals surface area contributed by atoms with Gasteiger partial charge in [-0.1, -0.05) is 69.7 Å². The van der Waals surface area contributed by atoms with Crippen LogP contribution in [0.15, 0.2) is 84.9 Å². The molecule has 0 radical (unpaired) electrons. The van der Waals surface area contributed by atoms with Crippen LogP contribution in [0, 0.1) is 5.92 Å². The van der Waals surface area contributed by atoms with Gasteiger partial charge in [-0.3, -0.25) is 24.1 Å². The average Bonchev–Trinajstić information content (AvgIpc) is 3.28. The molecule has 4 amide bonds. The zero-order valence-corrected chi connectivity index (χ0v) is 36.0. The van der Waals surface area contributed by atoms with Crippen molar-refractivity contribution in [3.63, 3.8) is 0 Å². The van der Waals surface area contributed by atoms with Crippen molar-refractivity contribution in [2.45, 2.75) is 84.7 Å². The number of carbonyl (C=O) groups is 5. The number of methoxy groups -OCH3 is 3. The van der Waals surface area contributed by atoms with Gasteiger partial charge >= 0.3 is 12.1 Å². The highest BCUT2D eigenvalue weighted by Crippen LogP contribution is 2.42. The smallest absolute Gasteiger partial charge is 0.408 e. The number of hydrogen-bond acceptors (Lipinski definition) is 12. The van der Waals surface area contributed by atoms with Crippen molar-refractivity contribution in [3.8, 4) is 23.0 Å². The van der Waals surface area contributed by atoms with E-state index in [0.29, 0.717) is 29.9 Å². The van der Waals surface area contributed by atoms with Gasteiger partial charge in [0.05, 0.1) is 32.7 Å². The summed E-state index contributed by atoms with van der Waals surface area (Å²) in [6.45, 7) is 5.35. The second kappa shape index (κ2) is 23.7. The predicted molar refractivity (Wildman–Crippen MR) is 234 cm³/mol. The van der Waals surface area contributed by atoms with Crippen LogP contribution in [0.4, 0.5) is 21.9 Å². The second-order valence-electron chi connectivity index (χ2n) is 14.7. The number of esters is 1. The van der Waals surface area contributed by atoms with E-state index in [1.165, 1.54) is 37.3 Å². The first-order valence-electron chi connectivity index (χ1n) is 20.3. The molecule has 0 heterocycles. The van der Waals surface area contributed by atoms with Crippen LogP contribution in [0.3, 0.4) is 0 Å². The van der Waals surface area contributed by atoms with Crippen LogP contribution in [0.25, 0.3) is 0 Å². The Morgan fingerprint density at radius 2 is 1.47 bits per heavy atom. The summed E-state index contributed by atoms with van der Waals surface area (Å²) in [5, 5.41) is 34.0. The Morgan fingerprint density at radius 1 is 0.774 bits per heavy atom. The maximum atomic E-state index is 14.4. The lowest BCUT2D eigenvalue weighted by molar-refractivity contribution is -0.141. The van der Waals surface area contributed by atoms with Crippen molar-refractivity contribution >= 4 is 46.8 Å². The maximum Gasteiger partial charge on any atom is 0.408 e. The Kier molecular flexibility index (Phi) is 18.3. The molecule has 4 aromatic carbocycles. The third kappa shape index (κ3) is 13.5. The quantitative estimate of drug-likeness (QED) is 0.0357. The molecule has 4 rings (SSSR count). The summed E-state index contributed by atoms with van der Waals surface area (Å²) in [7, 11) is 4.21. The number of nitrogens with one attached hydrogen (secondary N) is 4. The number of carbonyl (C=O) groups excluding carboxylic acids is 5. The van der Waals surface area contributed by atoms with Crippen molar-refractivity contribution < 1.29 is 53.1 Å². The third-order valence-electron chi connectivity index (χ3n) is 9.96. The van der Waals surface area contributed by atoms with E-state index in [1.807, 2.05) is 25.1 Å². The molecule has 0 saturated carbocycles. The summed E-state index contributed by atoms with van der Waals surface area (Å²) < 4.78 is 20.7. The number of amides is 4. The van der Waals surface area contributed by atoms with E-state index in [-0.39, 0.29) is 61.8 Å². The molecule has 0 aliphatic carbocycles. The van der Waals surface area contributed by atoms with Gasteiger partial charge in [0.25, 0.3) is 0 Å². The molecule has 62 heavy (non-hydrogen) atoms. The van der Waals surface area contributed by atoms with Crippen molar-refractivity contribution in [2.75, 3.05) is 36.9 Å². The molecule has 1 unspecified atom stereocenters. The van der Waals surface area contributed by atoms with Crippen molar-refractivity contribution in [3.05, 3.63) is 102 Å². The van der Waals surface area contributed by atoms with E-state index in [4.69, 9.17) is 18.9 Å². The summed E-state index contributed by atoms with van der Waals surface area (Å²) in [5.74, 6) is -2.39. The molecular weight excluding hydrogens is 799 g/mol. The predicted octanol–water partition coefficient (Wildman–Crippen LogP) is 6.78. The van der Waals surface area contributed by atoms with E-state index >= 15 is 0 Å². The summed E-state index contributed by atoms with van der Waals surface area (Å²) in [6, 6.07) is 21.2. The Hall–Kier alpha value is -6.97. The average molecular weight is 856 g/mol. The molecule has 0 aromatic heterocycles. The Balaban J connectivity index is 1.76. The first-order valence-corrected chi connectivity index (χ1v) is 20.3. The van der Waals surface area contributed by atoms with Crippen molar-refractivity contribution in [2.24, 2.45) is 5.92 Å². The normalized spacial score (nSPS) is 11.7. The van der Waals surface area contributed by atoms with Gasteiger partial charge in [-0.2, -0.15) is 0 Å². The van der Waals surface area contributed by atoms with E-state index in [1.54, 1.807) is 69.5 Å². The maximum absolute atomic E-state index is 14.4. The van der Waals surface area contributed by atoms with E-state index < -0.39 is 53.5 Å². The molecule has 16 heteroatoms. The number of rotatable bonds is 22.